The van der Waals surface area contributed by atoms with Crippen LogP contribution in [-0.2, 0) is 25.5 Å². The van der Waals surface area contributed by atoms with Gasteiger partial charge in [0.15, 0.2) is 5.78 Å². The Balaban J connectivity index is 1.55. The van der Waals surface area contributed by atoms with E-state index in [-0.39, 0.29) is 43.1 Å². The van der Waals surface area contributed by atoms with Gasteiger partial charge in [-0.25, -0.2) is 0 Å². The third-order valence-electron chi connectivity index (χ3n) is 7.53. The van der Waals surface area contributed by atoms with Gasteiger partial charge in [0.05, 0.1) is 5.38 Å². The van der Waals surface area contributed by atoms with Crippen LogP contribution in [0.1, 0.15) is 54.4 Å². The first-order valence-corrected chi connectivity index (χ1v) is 12.1. The van der Waals surface area contributed by atoms with Crippen LogP contribution in [0.2, 0.25) is 0 Å². The molecule has 3 heterocycles. The lowest BCUT2D eigenvalue weighted by molar-refractivity contribution is -0.140. The lowest BCUT2D eigenvalue weighted by Gasteiger charge is -2.42. The van der Waals surface area contributed by atoms with Gasteiger partial charge in [-0.3, -0.25) is 24.1 Å². The number of likely N-dealkylation sites (tertiary alicyclic amines) is 1. The first kappa shape index (κ1) is 22.3. The highest BCUT2D eigenvalue weighted by molar-refractivity contribution is 6.22. The molecule has 0 radical (unpaired) electrons. The van der Waals surface area contributed by atoms with Crippen LogP contribution in [0.15, 0.2) is 18.2 Å². The maximum absolute atomic E-state index is 14.1. The number of hydrogen-bond acceptors (Lipinski definition) is 5. The lowest BCUT2D eigenvalue weighted by atomic mass is 9.81. The number of fused-ring (bicyclic) bond motifs is 2. The van der Waals surface area contributed by atoms with E-state index < -0.39 is 29.5 Å². The fraction of sp³-hybridized carbons (Fsp3) is 0.583. The molecule has 1 saturated carbocycles. The maximum atomic E-state index is 14.1. The number of nitrogens with zero attached hydrogens (tertiary/aromatic N) is 2. The van der Waals surface area contributed by atoms with E-state index in [2.05, 4.69) is 0 Å². The van der Waals surface area contributed by atoms with Crippen molar-refractivity contribution in [1.29, 1.82) is 0 Å². The number of halogens is 1. The average Bonchev–Trinajstić information content (AvgIpc) is 3.36. The van der Waals surface area contributed by atoms with E-state index in [4.69, 9.17) is 22.1 Å². The van der Waals surface area contributed by atoms with Crippen LogP contribution < -0.4 is 10.6 Å². The van der Waals surface area contributed by atoms with Crippen molar-refractivity contribution in [2.75, 3.05) is 18.1 Å². The number of carbonyl (C=O) groups is 4. The molecule has 1 aliphatic carbocycles. The molecule has 0 spiro atoms. The number of benzene rings is 1. The van der Waals surface area contributed by atoms with Crippen molar-refractivity contribution in [3.63, 3.8) is 0 Å². The number of anilines is 1. The molecule has 0 unspecified atom stereocenters. The zero-order valence-corrected chi connectivity index (χ0v) is 19.1. The lowest BCUT2D eigenvalue weighted by Crippen LogP contribution is -2.58. The van der Waals surface area contributed by atoms with Crippen LogP contribution in [0, 0.1) is 5.92 Å². The summed E-state index contributed by atoms with van der Waals surface area (Å²) in [5, 5.41) is -0.458. The minimum Gasteiger partial charge on any atom is -0.366 e. The Hall–Kier alpha value is -2.45. The minimum atomic E-state index is -0.715. The first-order chi connectivity index (χ1) is 15.9. The summed E-state index contributed by atoms with van der Waals surface area (Å²) < 4.78 is 5.57. The Labute approximate surface area is 197 Å². The van der Waals surface area contributed by atoms with Gasteiger partial charge in [0, 0.05) is 24.2 Å². The topological polar surface area (TPSA) is 110 Å². The van der Waals surface area contributed by atoms with Crippen molar-refractivity contribution >= 4 is 40.8 Å². The van der Waals surface area contributed by atoms with Gasteiger partial charge in [0.25, 0.3) is 0 Å². The third-order valence-corrected chi connectivity index (χ3v) is 7.92. The van der Waals surface area contributed by atoms with Crippen LogP contribution in [-0.4, -0.2) is 65.1 Å². The van der Waals surface area contributed by atoms with Crippen LogP contribution in [0.5, 0.6) is 0 Å². The summed E-state index contributed by atoms with van der Waals surface area (Å²) in [6.07, 6.45) is 5.01. The predicted octanol–water partition coefficient (Wildman–Crippen LogP) is 1.80. The van der Waals surface area contributed by atoms with Crippen molar-refractivity contribution in [3.05, 3.63) is 29.3 Å². The molecule has 3 amide bonds. The van der Waals surface area contributed by atoms with Crippen molar-refractivity contribution in [3.8, 4) is 0 Å². The van der Waals surface area contributed by atoms with Crippen LogP contribution >= 0.6 is 11.6 Å². The molecule has 8 nitrogen and oxygen atoms in total. The van der Waals surface area contributed by atoms with Gasteiger partial charge in [-0.05, 0) is 48.9 Å². The molecule has 0 aromatic heterocycles. The Morgan fingerprint density at radius 2 is 1.88 bits per heavy atom. The number of carbonyl (C=O) groups excluding carboxylic acids is 4. The van der Waals surface area contributed by atoms with Gasteiger partial charge in [-0.15, -0.1) is 11.6 Å². The summed E-state index contributed by atoms with van der Waals surface area (Å²) in [4.78, 5) is 54.8. The Morgan fingerprint density at radius 1 is 1.12 bits per heavy atom. The predicted molar refractivity (Wildman–Crippen MR) is 121 cm³/mol. The minimum absolute atomic E-state index is 0.0118. The maximum Gasteiger partial charge on any atom is 0.248 e. The summed E-state index contributed by atoms with van der Waals surface area (Å²) in [6, 6.07) is 3.63. The zero-order chi connectivity index (χ0) is 23.3. The number of aryl methyl sites for hydroxylation is 1. The largest absolute Gasteiger partial charge is 0.366 e. The fourth-order valence-corrected chi connectivity index (χ4v) is 6.30. The standard InChI is InChI=1S/C24H28ClN3O5/c25-16-11-27(21-18(29)12-33-22(16)21)24(32)20(13-4-2-1-3-5-13)28-17-8-6-15(23(26)31)10-14(17)7-9-19(28)30/h6,8,10,13,16,20-22H,1-5,7,9,11-12H2,(H2,26,31)/t16-,20-,21+,22+/m0/s1. The highest BCUT2D eigenvalue weighted by Crippen LogP contribution is 2.39. The molecule has 1 aromatic rings. The van der Waals surface area contributed by atoms with Crippen molar-refractivity contribution in [2.45, 2.75) is 68.5 Å². The number of rotatable bonds is 4. The molecule has 9 heteroatoms. The van der Waals surface area contributed by atoms with Gasteiger partial charge in [0.1, 0.15) is 24.8 Å². The molecule has 3 fully saturated rings. The van der Waals surface area contributed by atoms with Gasteiger partial charge in [-0.2, -0.15) is 0 Å². The molecule has 176 valence electrons. The molecule has 2 saturated heterocycles. The van der Waals surface area contributed by atoms with Crippen molar-refractivity contribution < 1.29 is 23.9 Å². The number of primary amides is 1. The Bertz CT molecular complexity index is 1010. The molecule has 2 N–H and O–H groups in total. The number of Topliss-reactive ketones (excluding diaryl/α,β-unsaturated/α-hetero) is 1. The van der Waals surface area contributed by atoms with Crippen molar-refractivity contribution in [2.24, 2.45) is 11.7 Å². The normalized spacial score (nSPS) is 28.6. The highest BCUT2D eigenvalue weighted by Gasteiger charge is 2.54. The molecular formula is C24H28ClN3O5. The molecule has 4 atom stereocenters. The summed E-state index contributed by atoms with van der Waals surface area (Å²) in [7, 11) is 0. The average molecular weight is 474 g/mol. The van der Waals surface area contributed by atoms with E-state index in [1.807, 2.05) is 0 Å². The van der Waals surface area contributed by atoms with Crippen molar-refractivity contribution in [1.82, 2.24) is 4.90 Å². The van der Waals surface area contributed by atoms with E-state index in [0.717, 1.165) is 37.7 Å². The molecule has 0 bridgehead atoms. The molecule has 5 rings (SSSR count). The van der Waals surface area contributed by atoms with E-state index in [9.17, 15) is 19.2 Å². The molecule has 33 heavy (non-hydrogen) atoms. The first-order valence-electron chi connectivity index (χ1n) is 11.7. The SMILES string of the molecule is NC(=O)c1ccc2c(c1)CCC(=O)N2[C@H](C(=O)N1C[C@H](Cl)[C@H]2OCC(=O)[C@H]21)C1CCCCC1. The monoisotopic (exact) mass is 473 g/mol. The van der Waals surface area contributed by atoms with Gasteiger partial charge < -0.3 is 15.4 Å². The molecular weight excluding hydrogens is 446 g/mol. The number of ether oxygens (including phenoxy) is 1. The summed E-state index contributed by atoms with van der Waals surface area (Å²) in [5.41, 5.74) is 7.31. The smallest absolute Gasteiger partial charge is 0.248 e. The van der Waals surface area contributed by atoms with E-state index in [1.165, 1.54) is 0 Å². The second kappa shape index (κ2) is 8.72. The molecule has 3 aliphatic heterocycles. The van der Waals surface area contributed by atoms with Crippen LogP contribution in [0.4, 0.5) is 5.69 Å². The number of amides is 3. The third kappa shape index (κ3) is 3.83. The summed E-state index contributed by atoms with van der Waals surface area (Å²) >= 11 is 6.45. The number of ketones is 1. The van der Waals surface area contributed by atoms with E-state index in [1.54, 1.807) is 28.0 Å². The second-order valence-corrected chi connectivity index (χ2v) is 10.1. The number of alkyl halides is 1. The Kier molecular flexibility index (Phi) is 5.91. The molecule has 1 aromatic carbocycles. The highest BCUT2D eigenvalue weighted by atomic mass is 35.5. The van der Waals surface area contributed by atoms with Crippen LogP contribution in [0.3, 0.4) is 0 Å². The second-order valence-electron chi connectivity index (χ2n) is 9.51. The summed E-state index contributed by atoms with van der Waals surface area (Å²) in [6.45, 7) is 0.179. The summed E-state index contributed by atoms with van der Waals surface area (Å²) in [5.74, 6) is -1.04. The van der Waals surface area contributed by atoms with Gasteiger partial charge in [0.2, 0.25) is 17.7 Å². The van der Waals surface area contributed by atoms with E-state index >= 15 is 0 Å². The van der Waals surface area contributed by atoms with Gasteiger partial charge in [-0.1, -0.05) is 19.3 Å². The zero-order valence-electron chi connectivity index (χ0n) is 18.4. The Morgan fingerprint density at radius 3 is 2.61 bits per heavy atom. The fourth-order valence-electron chi connectivity index (χ4n) is 5.94. The van der Waals surface area contributed by atoms with E-state index in [0.29, 0.717) is 17.7 Å². The molecule has 4 aliphatic rings. The number of nitrogens with two attached hydrogens (primary N) is 1. The number of hydrogen-bond donors (Lipinski definition) is 1. The quantitative estimate of drug-likeness (QED) is 0.670. The van der Waals surface area contributed by atoms with Gasteiger partial charge >= 0.3 is 0 Å². The van der Waals surface area contributed by atoms with Crippen LogP contribution in [0.25, 0.3) is 0 Å².